The van der Waals surface area contributed by atoms with Gasteiger partial charge in [-0.1, -0.05) is 40.2 Å². The second-order valence-corrected chi connectivity index (χ2v) is 3.50. The molecule has 2 nitrogen and oxygen atoms in total. The molecule has 12 heavy (non-hydrogen) atoms. The summed E-state index contributed by atoms with van der Waals surface area (Å²) in [4.78, 5) is 10.4. The van der Waals surface area contributed by atoms with E-state index in [1.54, 1.807) is 0 Å². The van der Waals surface area contributed by atoms with Crippen molar-refractivity contribution < 1.29 is 0 Å². The van der Waals surface area contributed by atoms with Gasteiger partial charge in [0.05, 0.1) is 0 Å². The van der Waals surface area contributed by atoms with Crippen LogP contribution in [0.4, 0.5) is 0 Å². The highest BCUT2D eigenvalue weighted by Crippen LogP contribution is 2.23. The number of benzene rings is 1. The summed E-state index contributed by atoms with van der Waals surface area (Å²) < 4.78 is 0.988. The number of rotatable bonds is 3. The number of nitroso groups, excluding NO2 is 1. The second kappa shape index (κ2) is 4.36. The van der Waals surface area contributed by atoms with E-state index in [1.807, 2.05) is 31.2 Å². The molecular weight excluding hydrogens is 218 g/mol. The molecule has 1 aromatic carbocycles. The Bertz CT molecular complexity index is 275. The highest BCUT2D eigenvalue weighted by atomic mass is 79.9. The van der Waals surface area contributed by atoms with Gasteiger partial charge in [-0.15, -0.1) is 0 Å². The van der Waals surface area contributed by atoms with Crippen LogP contribution >= 0.6 is 15.9 Å². The lowest BCUT2D eigenvalue weighted by molar-refractivity contribution is 0.695. The Kier molecular flexibility index (Phi) is 3.41. The summed E-state index contributed by atoms with van der Waals surface area (Å²) in [5.74, 6) is 0. The van der Waals surface area contributed by atoms with Gasteiger partial charge in [-0.2, -0.15) is 4.91 Å². The van der Waals surface area contributed by atoms with E-state index < -0.39 is 0 Å². The first kappa shape index (κ1) is 9.39. The van der Waals surface area contributed by atoms with Crippen molar-refractivity contribution in [3.63, 3.8) is 0 Å². The predicted molar refractivity (Wildman–Crippen MR) is 53.0 cm³/mol. The Balaban J connectivity index is 2.93. The maximum atomic E-state index is 10.4. The van der Waals surface area contributed by atoms with Gasteiger partial charge in [-0.05, 0) is 24.1 Å². The van der Waals surface area contributed by atoms with Crippen LogP contribution in [0.2, 0.25) is 0 Å². The van der Waals surface area contributed by atoms with Crippen LogP contribution in [0.15, 0.2) is 33.9 Å². The van der Waals surface area contributed by atoms with Crippen molar-refractivity contribution in [2.45, 2.75) is 19.4 Å². The maximum absolute atomic E-state index is 10.4. The van der Waals surface area contributed by atoms with Gasteiger partial charge < -0.3 is 0 Å². The first-order chi connectivity index (χ1) is 5.77. The van der Waals surface area contributed by atoms with Crippen LogP contribution in [-0.4, -0.2) is 0 Å². The van der Waals surface area contributed by atoms with E-state index in [0.717, 1.165) is 16.5 Å². The zero-order valence-corrected chi connectivity index (χ0v) is 8.41. The molecule has 0 amide bonds. The summed E-state index contributed by atoms with van der Waals surface area (Å²) in [7, 11) is 0. The average Bonchev–Trinajstić information content (AvgIpc) is 2.07. The molecule has 0 fully saturated rings. The van der Waals surface area contributed by atoms with Crippen LogP contribution in [0.25, 0.3) is 0 Å². The summed E-state index contributed by atoms with van der Waals surface area (Å²) in [6.07, 6.45) is 0.750. The van der Waals surface area contributed by atoms with E-state index in [0.29, 0.717) is 0 Å². The van der Waals surface area contributed by atoms with Crippen LogP contribution < -0.4 is 0 Å². The zero-order valence-electron chi connectivity index (χ0n) is 6.83. The third-order valence-electron chi connectivity index (χ3n) is 1.75. The van der Waals surface area contributed by atoms with E-state index in [9.17, 15) is 4.91 Å². The molecule has 3 heteroatoms. The number of hydrogen-bond acceptors (Lipinski definition) is 2. The third-order valence-corrected chi connectivity index (χ3v) is 2.24. The van der Waals surface area contributed by atoms with Crippen molar-refractivity contribution in [3.05, 3.63) is 39.2 Å². The van der Waals surface area contributed by atoms with Gasteiger partial charge in [-0.25, -0.2) is 0 Å². The molecule has 0 aliphatic carbocycles. The van der Waals surface area contributed by atoms with Crippen LogP contribution in [0, 0.1) is 4.91 Å². The van der Waals surface area contributed by atoms with Gasteiger partial charge in [-0.3, -0.25) is 0 Å². The molecule has 1 atom stereocenters. The Labute approximate surface area is 80.1 Å². The van der Waals surface area contributed by atoms with Crippen LogP contribution in [0.5, 0.6) is 0 Å². The molecule has 0 saturated heterocycles. The van der Waals surface area contributed by atoms with Crippen molar-refractivity contribution >= 4 is 15.9 Å². The van der Waals surface area contributed by atoms with Crippen molar-refractivity contribution in [2.24, 2.45) is 5.18 Å². The lowest BCUT2D eigenvalue weighted by atomic mass is 10.1. The summed E-state index contributed by atoms with van der Waals surface area (Å²) in [5, 5.41) is 3.05. The summed E-state index contributed by atoms with van der Waals surface area (Å²) >= 11 is 3.35. The number of nitrogens with zero attached hydrogens (tertiary/aromatic N) is 1. The molecule has 0 saturated carbocycles. The van der Waals surface area contributed by atoms with Gasteiger partial charge in [0.2, 0.25) is 0 Å². The van der Waals surface area contributed by atoms with Crippen molar-refractivity contribution in [3.8, 4) is 0 Å². The largest absolute Gasteiger partial charge is 0.150 e. The highest BCUT2D eigenvalue weighted by molar-refractivity contribution is 9.10. The fourth-order valence-corrected chi connectivity index (χ4v) is 1.50. The Morgan fingerprint density at radius 1 is 1.58 bits per heavy atom. The fraction of sp³-hybridized carbons (Fsp3) is 0.333. The quantitative estimate of drug-likeness (QED) is 0.725. The monoisotopic (exact) mass is 227 g/mol. The molecule has 0 N–H and O–H groups in total. The average molecular weight is 228 g/mol. The molecule has 64 valence electrons. The minimum Gasteiger partial charge on any atom is -0.150 e. The fourth-order valence-electron chi connectivity index (χ4n) is 1.08. The summed E-state index contributed by atoms with van der Waals surface area (Å²) in [5.41, 5.74) is 0.974. The molecule has 0 aliphatic rings. The smallest absolute Gasteiger partial charge is 0.117 e. The third kappa shape index (κ3) is 2.14. The first-order valence-electron chi connectivity index (χ1n) is 3.86. The van der Waals surface area contributed by atoms with Gasteiger partial charge in [0, 0.05) is 4.47 Å². The van der Waals surface area contributed by atoms with Crippen LogP contribution in [-0.2, 0) is 0 Å². The summed E-state index contributed by atoms with van der Waals surface area (Å²) in [6.45, 7) is 1.95. The minimum atomic E-state index is -0.206. The Morgan fingerprint density at radius 3 is 2.83 bits per heavy atom. The molecule has 0 aromatic heterocycles. The molecule has 1 rings (SSSR count). The lowest BCUT2D eigenvalue weighted by Crippen LogP contribution is -1.91. The Hall–Kier alpha value is -0.700. The molecule has 1 aromatic rings. The van der Waals surface area contributed by atoms with Crippen molar-refractivity contribution in [1.82, 2.24) is 0 Å². The Morgan fingerprint density at radius 2 is 2.33 bits per heavy atom. The molecule has 1 unspecified atom stereocenters. The van der Waals surface area contributed by atoms with E-state index in [4.69, 9.17) is 0 Å². The first-order valence-corrected chi connectivity index (χ1v) is 4.65. The predicted octanol–water partition coefficient (Wildman–Crippen LogP) is 3.67. The lowest BCUT2D eigenvalue weighted by Gasteiger charge is -2.05. The molecule has 0 spiro atoms. The van der Waals surface area contributed by atoms with E-state index in [-0.39, 0.29) is 6.04 Å². The van der Waals surface area contributed by atoms with Gasteiger partial charge in [0.25, 0.3) is 0 Å². The standard InChI is InChI=1S/C9H10BrNO/c1-2-9(11-12)7-4-3-5-8(10)6-7/h3-6,9H,2H2,1H3. The number of hydrogen-bond donors (Lipinski definition) is 0. The van der Waals surface area contributed by atoms with E-state index in [2.05, 4.69) is 21.1 Å². The molecule has 0 heterocycles. The van der Waals surface area contributed by atoms with Crippen molar-refractivity contribution in [1.29, 1.82) is 0 Å². The molecule has 0 radical (unpaired) electrons. The maximum Gasteiger partial charge on any atom is 0.117 e. The number of halogens is 1. The summed E-state index contributed by atoms with van der Waals surface area (Å²) in [6, 6.07) is 7.48. The SMILES string of the molecule is CCC(N=O)c1cccc(Br)c1. The van der Waals surface area contributed by atoms with Crippen LogP contribution in [0.3, 0.4) is 0 Å². The van der Waals surface area contributed by atoms with Gasteiger partial charge in [0.1, 0.15) is 6.04 Å². The van der Waals surface area contributed by atoms with Crippen molar-refractivity contribution in [2.75, 3.05) is 0 Å². The highest BCUT2D eigenvalue weighted by Gasteiger charge is 2.08. The van der Waals surface area contributed by atoms with E-state index >= 15 is 0 Å². The van der Waals surface area contributed by atoms with Gasteiger partial charge in [0.15, 0.2) is 0 Å². The topological polar surface area (TPSA) is 29.4 Å². The van der Waals surface area contributed by atoms with Crippen LogP contribution in [0.1, 0.15) is 24.9 Å². The zero-order chi connectivity index (χ0) is 8.97. The minimum absolute atomic E-state index is 0.206. The van der Waals surface area contributed by atoms with E-state index in [1.165, 1.54) is 0 Å². The molecular formula is C9H10BrNO. The second-order valence-electron chi connectivity index (χ2n) is 2.58. The molecule has 0 aliphatic heterocycles. The normalized spacial score (nSPS) is 12.5. The molecule has 0 bridgehead atoms. The van der Waals surface area contributed by atoms with Gasteiger partial charge >= 0.3 is 0 Å².